The lowest BCUT2D eigenvalue weighted by atomic mass is 9.92. The molecule has 1 rings (SSSR count). The molecule has 0 aliphatic carbocycles. The molecule has 0 spiro atoms. The van der Waals surface area contributed by atoms with Gasteiger partial charge in [-0.05, 0) is 24.5 Å². The minimum atomic E-state index is -0.686. The molecule has 0 unspecified atom stereocenters. The molecule has 23 heavy (non-hydrogen) atoms. The molecule has 0 fully saturated rings. The Morgan fingerprint density at radius 3 is 2.22 bits per heavy atom. The summed E-state index contributed by atoms with van der Waals surface area (Å²) in [4.78, 5) is 35.4. The van der Waals surface area contributed by atoms with E-state index in [9.17, 15) is 14.4 Å². The number of para-hydroxylation sites is 1. The molecule has 0 aromatic heterocycles. The standard InChI is InChI=1S/C17H25N3O3/c1-12(19-14(21)10-17(2,3)4)16(23)18-11-15(22)20-13-8-6-5-7-9-13/h5-9,12H,10-11H2,1-4H3,(H,18,23)(H,19,21)(H,20,22)/t12-/m0/s1. The van der Waals surface area contributed by atoms with Crippen LogP contribution >= 0.6 is 0 Å². The lowest BCUT2D eigenvalue weighted by Crippen LogP contribution is -2.47. The molecule has 0 aliphatic heterocycles. The van der Waals surface area contributed by atoms with E-state index in [0.29, 0.717) is 12.1 Å². The number of hydrogen-bond acceptors (Lipinski definition) is 3. The Morgan fingerprint density at radius 2 is 1.65 bits per heavy atom. The van der Waals surface area contributed by atoms with Gasteiger partial charge in [0, 0.05) is 12.1 Å². The van der Waals surface area contributed by atoms with Gasteiger partial charge in [-0.1, -0.05) is 39.0 Å². The van der Waals surface area contributed by atoms with E-state index in [0.717, 1.165) is 0 Å². The van der Waals surface area contributed by atoms with E-state index in [1.54, 1.807) is 31.2 Å². The van der Waals surface area contributed by atoms with Crippen molar-refractivity contribution in [3.63, 3.8) is 0 Å². The minimum Gasteiger partial charge on any atom is -0.345 e. The number of anilines is 1. The summed E-state index contributed by atoms with van der Waals surface area (Å²) in [7, 11) is 0. The molecule has 0 bridgehead atoms. The molecule has 0 heterocycles. The van der Waals surface area contributed by atoms with Gasteiger partial charge in [0.1, 0.15) is 6.04 Å². The Balaban J connectivity index is 2.35. The van der Waals surface area contributed by atoms with Crippen molar-refractivity contribution in [1.29, 1.82) is 0 Å². The second kappa shape index (κ2) is 8.31. The fourth-order valence-corrected chi connectivity index (χ4v) is 1.89. The maximum atomic E-state index is 11.9. The molecular formula is C17H25N3O3. The Bertz CT molecular complexity index is 550. The lowest BCUT2D eigenvalue weighted by molar-refractivity contribution is -0.130. The largest absolute Gasteiger partial charge is 0.345 e. The third kappa shape index (κ3) is 7.99. The fourth-order valence-electron chi connectivity index (χ4n) is 1.89. The van der Waals surface area contributed by atoms with Crippen LogP contribution in [0.15, 0.2) is 30.3 Å². The molecule has 1 aromatic carbocycles. The van der Waals surface area contributed by atoms with Crippen LogP contribution in [0.1, 0.15) is 34.1 Å². The van der Waals surface area contributed by atoms with Crippen molar-refractivity contribution in [3.05, 3.63) is 30.3 Å². The Morgan fingerprint density at radius 1 is 1.04 bits per heavy atom. The third-order valence-electron chi connectivity index (χ3n) is 2.94. The zero-order valence-electron chi connectivity index (χ0n) is 14.1. The zero-order valence-corrected chi connectivity index (χ0v) is 14.1. The van der Waals surface area contributed by atoms with Crippen LogP contribution in [-0.2, 0) is 14.4 Å². The summed E-state index contributed by atoms with van der Waals surface area (Å²) in [6.07, 6.45) is 0.332. The third-order valence-corrected chi connectivity index (χ3v) is 2.94. The van der Waals surface area contributed by atoms with Crippen LogP contribution < -0.4 is 16.0 Å². The molecule has 1 aromatic rings. The summed E-state index contributed by atoms with van der Waals surface area (Å²) in [5.74, 6) is -0.901. The molecule has 6 heteroatoms. The van der Waals surface area contributed by atoms with Crippen molar-refractivity contribution >= 4 is 23.4 Å². The first-order valence-corrected chi connectivity index (χ1v) is 7.59. The van der Waals surface area contributed by atoms with E-state index in [2.05, 4.69) is 16.0 Å². The van der Waals surface area contributed by atoms with Crippen molar-refractivity contribution < 1.29 is 14.4 Å². The van der Waals surface area contributed by atoms with Gasteiger partial charge in [0.05, 0.1) is 6.54 Å². The summed E-state index contributed by atoms with van der Waals surface area (Å²) in [5.41, 5.74) is 0.522. The van der Waals surface area contributed by atoms with Crippen LogP contribution in [0.2, 0.25) is 0 Å². The van der Waals surface area contributed by atoms with Gasteiger partial charge in [0.25, 0.3) is 0 Å². The van der Waals surface area contributed by atoms with Crippen molar-refractivity contribution in [2.45, 2.75) is 40.2 Å². The number of nitrogens with one attached hydrogen (secondary N) is 3. The number of amides is 3. The maximum absolute atomic E-state index is 11.9. The summed E-state index contributed by atoms with van der Waals surface area (Å²) < 4.78 is 0. The average molecular weight is 319 g/mol. The molecule has 0 aliphatic rings. The van der Waals surface area contributed by atoms with Crippen molar-refractivity contribution in [2.75, 3.05) is 11.9 Å². The van der Waals surface area contributed by atoms with E-state index in [1.165, 1.54) is 0 Å². The fraction of sp³-hybridized carbons (Fsp3) is 0.471. The Labute approximate surface area is 137 Å². The topological polar surface area (TPSA) is 87.3 Å². The van der Waals surface area contributed by atoms with Gasteiger partial charge in [0.15, 0.2) is 0 Å². The van der Waals surface area contributed by atoms with Gasteiger partial charge in [0.2, 0.25) is 17.7 Å². The van der Waals surface area contributed by atoms with Crippen LogP contribution in [0, 0.1) is 5.41 Å². The SMILES string of the molecule is C[C@H](NC(=O)CC(C)(C)C)C(=O)NCC(=O)Nc1ccccc1. The lowest BCUT2D eigenvalue weighted by Gasteiger charge is -2.19. The van der Waals surface area contributed by atoms with Crippen molar-refractivity contribution in [3.8, 4) is 0 Å². The monoisotopic (exact) mass is 319 g/mol. The highest BCUT2D eigenvalue weighted by Gasteiger charge is 2.20. The normalized spacial score (nSPS) is 12.2. The van der Waals surface area contributed by atoms with Crippen molar-refractivity contribution in [1.82, 2.24) is 10.6 Å². The molecule has 0 saturated heterocycles. The molecule has 3 N–H and O–H groups in total. The van der Waals surface area contributed by atoms with Crippen LogP contribution in [0.25, 0.3) is 0 Å². The molecule has 3 amide bonds. The second-order valence-electron chi connectivity index (χ2n) is 6.66. The minimum absolute atomic E-state index is 0.143. The van der Waals surface area contributed by atoms with E-state index in [4.69, 9.17) is 0 Å². The number of benzene rings is 1. The van der Waals surface area contributed by atoms with Gasteiger partial charge in [-0.25, -0.2) is 0 Å². The first-order chi connectivity index (χ1) is 10.7. The predicted octanol–water partition coefficient (Wildman–Crippen LogP) is 1.68. The highest BCUT2D eigenvalue weighted by Crippen LogP contribution is 2.17. The number of carbonyl (C=O) groups is 3. The maximum Gasteiger partial charge on any atom is 0.243 e. The van der Waals surface area contributed by atoms with Gasteiger partial charge >= 0.3 is 0 Å². The molecule has 0 saturated carbocycles. The molecule has 6 nitrogen and oxygen atoms in total. The van der Waals surface area contributed by atoms with E-state index in [1.807, 2.05) is 26.8 Å². The first kappa shape index (κ1) is 18.7. The first-order valence-electron chi connectivity index (χ1n) is 7.59. The van der Waals surface area contributed by atoms with Crippen LogP contribution in [0.5, 0.6) is 0 Å². The average Bonchev–Trinajstić information content (AvgIpc) is 2.43. The summed E-state index contributed by atoms with van der Waals surface area (Å²) in [6, 6.07) is 8.29. The Hall–Kier alpha value is -2.37. The molecule has 1 atom stereocenters. The summed E-state index contributed by atoms with van der Waals surface area (Å²) in [6.45, 7) is 7.29. The number of rotatable bonds is 6. The van der Waals surface area contributed by atoms with Crippen LogP contribution in [0.4, 0.5) is 5.69 Å². The van der Waals surface area contributed by atoms with E-state index in [-0.39, 0.29) is 23.8 Å². The summed E-state index contributed by atoms with van der Waals surface area (Å²) >= 11 is 0. The van der Waals surface area contributed by atoms with E-state index < -0.39 is 11.9 Å². The van der Waals surface area contributed by atoms with Crippen LogP contribution in [0.3, 0.4) is 0 Å². The van der Waals surface area contributed by atoms with Gasteiger partial charge < -0.3 is 16.0 Å². The van der Waals surface area contributed by atoms with Crippen molar-refractivity contribution in [2.24, 2.45) is 5.41 Å². The smallest absolute Gasteiger partial charge is 0.243 e. The Kier molecular flexibility index (Phi) is 6.75. The summed E-state index contributed by atoms with van der Waals surface area (Å²) in [5, 5.41) is 7.80. The predicted molar refractivity (Wildman–Crippen MR) is 89.8 cm³/mol. The highest BCUT2D eigenvalue weighted by atomic mass is 16.2. The van der Waals surface area contributed by atoms with Gasteiger partial charge in [-0.3, -0.25) is 14.4 Å². The molecular weight excluding hydrogens is 294 g/mol. The number of hydrogen-bond donors (Lipinski definition) is 3. The zero-order chi connectivity index (χ0) is 17.5. The van der Waals surface area contributed by atoms with E-state index >= 15 is 0 Å². The second-order valence-corrected chi connectivity index (χ2v) is 6.66. The van der Waals surface area contributed by atoms with Gasteiger partial charge in [-0.2, -0.15) is 0 Å². The highest BCUT2D eigenvalue weighted by molar-refractivity contribution is 5.95. The number of carbonyl (C=O) groups excluding carboxylic acids is 3. The van der Waals surface area contributed by atoms with Gasteiger partial charge in [-0.15, -0.1) is 0 Å². The van der Waals surface area contributed by atoms with Crippen LogP contribution in [-0.4, -0.2) is 30.3 Å². The molecule has 0 radical (unpaired) electrons. The molecule has 126 valence electrons. The quantitative estimate of drug-likeness (QED) is 0.745.